The molecule has 0 spiro atoms. The highest BCUT2D eigenvalue weighted by Crippen LogP contribution is 2.35. The Hall–Kier alpha value is -0.530. The predicted molar refractivity (Wildman–Crippen MR) is 53.3 cm³/mol. The summed E-state index contributed by atoms with van der Waals surface area (Å²) in [6.07, 6.45) is 1.64. The first-order valence-electron chi connectivity index (χ1n) is 3.18. The number of para-hydroxylation sites is 1. The normalized spacial score (nSPS) is 9.50. The van der Waals surface area contributed by atoms with Gasteiger partial charge in [0.15, 0.2) is 0 Å². The topological polar surface area (TPSA) is 33.0 Å². The van der Waals surface area contributed by atoms with Crippen LogP contribution in [0.25, 0.3) is 0 Å². The molecule has 0 saturated carbocycles. The van der Waals surface area contributed by atoms with Crippen molar-refractivity contribution in [3.63, 3.8) is 0 Å². The molecule has 2 nitrogen and oxygen atoms in total. The minimum absolute atomic E-state index is 0.00884. The van der Waals surface area contributed by atoms with Crippen molar-refractivity contribution in [3.8, 4) is 12.0 Å². The van der Waals surface area contributed by atoms with Gasteiger partial charge in [-0.3, -0.25) is 0 Å². The lowest BCUT2D eigenvalue weighted by atomic mass is 10.2. The molecule has 0 aliphatic carbocycles. The zero-order valence-electron chi connectivity index (χ0n) is 6.00. The molecule has 0 heterocycles. The average molecular weight is 291 g/mol. The summed E-state index contributed by atoms with van der Waals surface area (Å²) in [6, 6.07) is 7.32. The Morgan fingerprint density at radius 2 is 2.00 bits per heavy atom. The number of rotatable bonds is 2. The first kappa shape index (κ1) is 9.56. The van der Waals surface area contributed by atoms with Gasteiger partial charge < -0.3 is 4.74 Å². The van der Waals surface area contributed by atoms with E-state index >= 15 is 0 Å². The number of hydrogen-bond donors (Lipinski definition) is 0. The number of nitriles is 1. The monoisotopic (exact) mass is 289 g/mol. The summed E-state index contributed by atoms with van der Waals surface area (Å²) in [6.45, 7) is 0. The SMILES string of the molecule is N#COc1ccccc1C(Br)Br. The third-order valence-corrected chi connectivity index (χ3v) is 2.30. The number of hydrogen-bond acceptors (Lipinski definition) is 2. The molecule has 0 radical (unpaired) electrons. The van der Waals surface area contributed by atoms with Gasteiger partial charge in [0.1, 0.15) is 5.75 Å². The third-order valence-electron chi connectivity index (χ3n) is 1.31. The number of halogens is 2. The molecule has 4 heteroatoms. The second kappa shape index (κ2) is 4.48. The molecule has 0 fully saturated rings. The van der Waals surface area contributed by atoms with Gasteiger partial charge in [0.2, 0.25) is 0 Å². The van der Waals surface area contributed by atoms with E-state index in [1.54, 1.807) is 12.3 Å². The quantitative estimate of drug-likeness (QED) is 0.618. The van der Waals surface area contributed by atoms with Crippen molar-refractivity contribution >= 4 is 31.9 Å². The smallest absolute Gasteiger partial charge is 0.292 e. The molecule has 0 amide bonds. The van der Waals surface area contributed by atoms with Gasteiger partial charge in [-0.2, -0.15) is 0 Å². The number of alkyl halides is 2. The lowest BCUT2D eigenvalue weighted by Gasteiger charge is -2.05. The maximum absolute atomic E-state index is 8.32. The molecule has 0 aromatic heterocycles. The standard InChI is InChI=1S/C8H5Br2NO/c9-8(10)6-3-1-2-4-7(6)12-5-11/h1-4,8H. The minimum atomic E-state index is 0.00884. The molecular formula is C8H5Br2NO. The highest BCUT2D eigenvalue weighted by atomic mass is 79.9. The van der Waals surface area contributed by atoms with E-state index in [1.807, 2.05) is 18.2 Å². The largest absolute Gasteiger partial charge is 0.388 e. The van der Waals surface area contributed by atoms with E-state index in [9.17, 15) is 0 Å². The van der Waals surface area contributed by atoms with Crippen LogP contribution in [0.2, 0.25) is 0 Å². The zero-order chi connectivity index (χ0) is 8.97. The molecule has 0 N–H and O–H groups in total. The lowest BCUT2D eigenvalue weighted by Crippen LogP contribution is -1.88. The highest BCUT2D eigenvalue weighted by Gasteiger charge is 2.08. The van der Waals surface area contributed by atoms with E-state index in [2.05, 4.69) is 31.9 Å². The molecule has 0 saturated heterocycles. The zero-order valence-corrected chi connectivity index (χ0v) is 9.17. The summed E-state index contributed by atoms with van der Waals surface area (Å²) in [5.74, 6) is 0.568. The maximum atomic E-state index is 8.32. The second-order valence-corrected chi connectivity index (χ2v) is 5.09. The van der Waals surface area contributed by atoms with Crippen molar-refractivity contribution in [1.82, 2.24) is 0 Å². The van der Waals surface area contributed by atoms with Gasteiger partial charge >= 0.3 is 0 Å². The number of ether oxygens (including phenoxy) is 1. The van der Waals surface area contributed by atoms with Gasteiger partial charge in [-0.05, 0) is 6.07 Å². The second-order valence-electron chi connectivity index (χ2n) is 2.03. The Bertz CT molecular complexity index is 306. The fourth-order valence-corrected chi connectivity index (χ4v) is 1.56. The molecule has 1 aromatic carbocycles. The van der Waals surface area contributed by atoms with E-state index in [1.165, 1.54) is 0 Å². The maximum Gasteiger partial charge on any atom is 0.292 e. The molecule has 62 valence electrons. The van der Waals surface area contributed by atoms with E-state index in [-0.39, 0.29) is 3.74 Å². The van der Waals surface area contributed by atoms with Crippen molar-refractivity contribution < 1.29 is 4.74 Å². The fourth-order valence-electron chi connectivity index (χ4n) is 0.803. The molecule has 0 bridgehead atoms. The van der Waals surface area contributed by atoms with Gasteiger partial charge in [0.25, 0.3) is 6.26 Å². The van der Waals surface area contributed by atoms with Crippen molar-refractivity contribution in [2.24, 2.45) is 0 Å². The van der Waals surface area contributed by atoms with Crippen molar-refractivity contribution in [2.45, 2.75) is 3.74 Å². The van der Waals surface area contributed by atoms with Crippen LogP contribution in [0.5, 0.6) is 5.75 Å². The Kier molecular flexibility index (Phi) is 3.57. The molecule has 0 unspecified atom stereocenters. The molecule has 1 rings (SSSR count). The average Bonchev–Trinajstić information content (AvgIpc) is 2.05. The molecular weight excluding hydrogens is 286 g/mol. The van der Waals surface area contributed by atoms with Gasteiger partial charge in [-0.25, -0.2) is 0 Å². The molecule has 0 aliphatic heterocycles. The summed E-state index contributed by atoms with van der Waals surface area (Å²) in [5.41, 5.74) is 0.902. The highest BCUT2D eigenvalue weighted by molar-refractivity contribution is 9.24. The summed E-state index contributed by atoms with van der Waals surface area (Å²) in [5, 5.41) is 8.32. The minimum Gasteiger partial charge on any atom is -0.388 e. The van der Waals surface area contributed by atoms with Gasteiger partial charge in [-0.1, -0.05) is 50.1 Å². The van der Waals surface area contributed by atoms with Crippen LogP contribution in [-0.2, 0) is 0 Å². The Balaban J connectivity index is 3.02. The summed E-state index contributed by atoms with van der Waals surface area (Å²) < 4.78 is 4.75. The summed E-state index contributed by atoms with van der Waals surface area (Å²) in [4.78, 5) is 0. The van der Waals surface area contributed by atoms with Gasteiger partial charge in [0, 0.05) is 5.56 Å². The number of benzene rings is 1. The molecule has 1 aromatic rings. The first-order valence-corrected chi connectivity index (χ1v) is 5.02. The fraction of sp³-hybridized carbons (Fsp3) is 0.125. The van der Waals surface area contributed by atoms with Crippen molar-refractivity contribution in [3.05, 3.63) is 29.8 Å². The summed E-state index contributed by atoms with van der Waals surface area (Å²) >= 11 is 6.66. The molecule has 0 atom stereocenters. The van der Waals surface area contributed by atoms with Crippen molar-refractivity contribution in [2.75, 3.05) is 0 Å². The van der Waals surface area contributed by atoms with Crippen molar-refractivity contribution in [1.29, 1.82) is 5.26 Å². The Morgan fingerprint density at radius 1 is 1.33 bits per heavy atom. The van der Waals surface area contributed by atoms with Crippen LogP contribution < -0.4 is 4.74 Å². The number of nitrogens with zero attached hydrogens (tertiary/aromatic N) is 1. The molecule has 12 heavy (non-hydrogen) atoms. The van der Waals surface area contributed by atoms with E-state index in [0.717, 1.165) is 5.56 Å². The molecule has 0 aliphatic rings. The van der Waals surface area contributed by atoms with Gasteiger partial charge in [0.05, 0.1) is 3.74 Å². The van der Waals surface area contributed by atoms with Crippen LogP contribution in [-0.4, -0.2) is 0 Å². The first-order chi connectivity index (χ1) is 5.75. The van der Waals surface area contributed by atoms with Crippen LogP contribution in [0.1, 0.15) is 9.30 Å². The predicted octanol–water partition coefficient (Wildman–Crippen LogP) is 3.33. The Labute approximate surface area is 87.4 Å². The van der Waals surface area contributed by atoms with Crippen LogP contribution in [0.15, 0.2) is 24.3 Å². The van der Waals surface area contributed by atoms with E-state index in [4.69, 9.17) is 10.00 Å². The van der Waals surface area contributed by atoms with Crippen LogP contribution in [0.3, 0.4) is 0 Å². The van der Waals surface area contributed by atoms with Crippen LogP contribution in [0.4, 0.5) is 0 Å². The Morgan fingerprint density at radius 3 is 2.58 bits per heavy atom. The lowest BCUT2D eigenvalue weighted by molar-refractivity contribution is 0.503. The third kappa shape index (κ3) is 2.23. The summed E-state index contributed by atoms with van der Waals surface area (Å²) in [7, 11) is 0. The van der Waals surface area contributed by atoms with E-state index < -0.39 is 0 Å². The van der Waals surface area contributed by atoms with Gasteiger partial charge in [-0.15, -0.1) is 5.26 Å². The van der Waals surface area contributed by atoms with Crippen LogP contribution >= 0.6 is 31.9 Å². The van der Waals surface area contributed by atoms with Crippen LogP contribution in [0, 0.1) is 11.5 Å². The van der Waals surface area contributed by atoms with E-state index in [0.29, 0.717) is 5.75 Å².